The molecule has 3 aromatic rings. The first-order valence-electron chi connectivity index (χ1n) is 6.99. The van der Waals surface area contributed by atoms with Gasteiger partial charge in [0.2, 0.25) is 5.95 Å². The van der Waals surface area contributed by atoms with Crippen molar-refractivity contribution < 1.29 is 5.11 Å². The highest BCUT2D eigenvalue weighted by Gasteiger charge is 2.13. The molecule has 0 atom stereocenters. The number of hydrazine groups is 1. The molecule has 0 aliphatic rings. The topological polar surface area (TPSA) is 88.2 Å². The molecule has 0 fully saturated rings. The highest BCUT2D eigenvalue weighted by Crippen LogP contribution is 2.26. The number of anilines is 1. The Labute approximate surface area is 148 Å². The van der Waals surface area contributed by atoms with Crippen LogP contribution >= 0.6 is 23.2 Å². The van der Waals surface area contributed by atoms with Crippen molar-refractivity contribution in [3.8, 4) is 17.4 Å². The van der Waals surface area contributed by atoms with Gasteiger partial charge in [0.15, 0.2) is 5.82 Å². The second kappa shape index (κ2) is 7.00. The lowest BCUT2D eigenvalue weighted by Gasteiger charge is -2.17. The van der Waals surface area contributed by atoms with Crippen LogP contribution in [0.4, 0.5) is 5.95 Å². The van der Waals surface area contributed by atoms with Crippen LogP contribution in [0.2, 0.25) is 10.0 Å². The number of rotatable bonds is 4. The summed E-state index contributed by atoms with van der Waals surface area (Å²) in [5.41, 5.74) is 1.53. The predicted molar refractivity (Wildman–Crippen MR) is 93.8 cm³/mol. The average molecular weight is 362 g/mol. The monoisotopic (exact) mass is 361 g/mol. The van der Waals surface area contributed by atoms with Crippen LogP contribution in [0.25, 0.3) is 11.4 Å². The van der Waals surface area contributed by atoms with Gasteiger partial charge in [-0.3, -0.25) is 5.01 Å². The van der Waals surface area contributed by atoms with Crippen LogP contribution in [0.15, 0.2) is 48.5 Å². The lowest BCUT2D eigenvalue weighted by Crippen LogP contribution is -2.32. The summed E-state index contributed by atoms with van der Waals surface area (Å²) >= 11 is 12.0. The Kier molecular flexibility index (Phi) is 4.80. The fourth-order valence-corrected chi connectivity index (χ4v) is 2.67. The normalized spacial score (nSPS) is 10.6. The van der Waals surface area contributed by atoms with E-state index in [1.54, 1.807) is 18.2 Å². The summed E-state index contributed by atoms with van der Waals surface area (Å²) in [6.45, 7) is 0.375. The number of aromatic hydroxyl groups is 1. The van der Waals surface area contributed by atoms with E-state index < -0.39 is 6.01 Å². The third-order valence-electron chi connectivity index (χ3n) is 3.19. The third kappa shape index (κ3) is 3.91. The van der Waals surface area contributed by atoms with Gasteiger partial charge in [-0.05, 0) is 23.8 Å². The van der Waals surface area contributed by atoms with Crippen LogP contribution in [-0.2, 0) is 6.54 Å². The molecule has 6 nitrogen and oxygen atoms in total. The number of hydrogen-bond acceptors (Lipinski definition) is 6. The van der Waals surface area contributed by atoms with E-state index in [1.165, 1.54) is 5.01 Å². The quantitative estimate of drug-likeness (QED) is 0.546. The molecule has 0 aliphatic carbocycles. The molecule has 0 bridgehead atoms. The molecule has 8 heteroatoms. The van der Waals surface area contributed by atoms with Crippen molar-refractivity contribution in [1.82, 2.24) is 15.0 Å². The maximum Gasteiger partial charge on any atom is 0.319 e. The summed E-state index contributed by atoms with van der Waals surface area (Å²) in [5.74, 6) is 6.38. The molecule has 3 rings (SSSR count). The van der Waals surface area contributed by atoms with Gasteiger partial charge in [-0.15, -0.1) is 0 Å². The van der Waals surface area contributed by atoms with Gasteiger partial charge in [-0.1, -0.05) is 53.5 Å². The Balaban J connectivity index is 1.94. The molecular formula is C16H13Cl2N5O. The predicted octanol–water partition coefficient (Wildman–Crippen LogP) is 3.43. The summed E-state index contributed by atoms with van der Waals surface area (Å²) in [6, 6.07) is 14.0. The first-order valence-corrected chi connectivity index (χ1v) is 7.74. The Hall–Kier alpha value is -2.41. The summed E-state index contributed by atoms with van der Waals surface area (Å²) in [4.78, 5) is 12.1. The van der Waals surface area contributed by atoms with E-state index in [4.69, 9.17) is 29.0 Å². The van der Waals surface area contributed by atoms with Gasteiger partial charge in [0.25, 0.3) is 0 Å². The zero-order chi connectivity index (χ0) is 17.1. The van der Waals surface area contributed by atoms with Gasteiger partial charge in [-0.2, -0.15) is 15.0 Å². The van der Waals surface area contributed by atoms with Crippen LogP contribution in [0, 0.1) is 0 Å². The van der Waals surface area contributed by atoms with Crippen molar-refractivity contribution in [3.05, 3.63) is 64.1 Å². The van der Waals surface area contributed by atoms with Crippen molar-refractivity contribution >= 4 is 29.2 Å². The number of aromatic nitrogens is 3. The van der Waals surface area contributed by atoms with Gasteiger partial charge < -0.3 is 5.11 Å². The maximum atomic E-state index is 9.80. The molecule has 0 amide bonds. The van der Waals surface area contributed by atoms with Crippen LogP contribution in [0.1, 0.15) is 5.56 Å². The summed E-state index contributed by atoms with van der Waals surface area (Å²) in [7, 11) is 0. The molecule has 1 aromatic heterocycles. The Morgan fingerprint density at radius 1 is 0.958 bits per heavy atom. The number of benzene rings is 2. The number of hydrogen-bond donors (Lipinski definition) is 2. The lowest BCUT2D eigenvalue weighted by molar-refractivity contribution is 0.428. The van der Waals surface area contributed by atoms with Crippen molar-refractivity contribution in [3.63, 3.8) is 0 Å². The van der Waals surface area contributed by atoms with Crippen molar-refractivity contribution in [2.24, 2.45) is 5.84 Å². The van der Waals surface area contributed by atoms with Gasteiger partial charge in [0.1, 0.15) is 0 Å². The number of halogens is 2. The molecular weight excluding hydrogens is 349 g/mol. The van der Waals surface area contributed by atoms with E-state index in [2.05, 4.69) is 15.0 Å². The smallest absolute Gasteiger partial charge is 0.319 e. The SMILES string of the molecule is NN(Cc1ccccc1)c1nc(O)nc(-c2cc(Cl)cc(Cl)c2)n1. The fourth-order valence-electron chi connectivity index (χ4n) is 2.15. The molecule has 0 aliphatic heterocycles. The van der Waals surface area contributed by atoms with Gasteiger partial charge in [0.05, 0.1) is 6.54 Å². The zero-order valence-corrected chi connectivity index (χ0v) is 13.9. The molecule has 3 N–H and O–H groups in total. The molecule has 0 radical (unpaired) electrons. The van der Waals surface area contributed by atoms with Gasteiger partial charge >= 0.3 is 6.01 Å². The number of nitrogens with zero attached hydrogens (tertiary/aromatic N) is 4. The van der Waals surface area contributed by atoms with E-state index >= 15 is 0 Å². The molecule has 2 aromatic carbocycles. The standard InChI is InChI=1S/C16H13Cl2N5O/c17-12-6-11(7-13(18)8-12)14-20-15(22-16(24)21-14)23(19)9-10-4-2-1-3-5-10/h1-8H,9,19H2,(H,20,21,22,24). The molecule has 0 saturated heterocycles. The van der Waals surface area contributed by atoms with E-state index in [9.17, 15) is 5.11 Å². The highest BCUT2D eigenvalue weighted by atomic mass is 35.5. The van der Waals surface area contributed by atoms with Crippen LogP contribution in [-0.4, -0.2) is 20.1 Å². The summed E-state index contributed by atoms with van der Waals surface area (Å²) < 4.78 is 0. The minimum absolute atomic E-state index is 0.137. The van der Waals surface area contributed by atoms with Crippen molar-refractivity contribution in [1.29, 1.82) is 0 Å². The third-order valence-corrected chi connectivity index (χ3v) is 3.62. The molecule has 1 heterocycles. The average Bonchev–Trinajstić information content (AvgIpc) is 2.54. The van der Waals surface area contributed by atoms with E-state index in [-0.39, 0.29) is 11.8 Å². The van der Waals surface area contributed by atoms with Crippen LogP contribution < -0.4 is 10.9 Å². The lowest BCUT2D eigenvalue weighted by atomic mass is 10.2. The van der Waals surface area contributed by atoms with E-state index in [1.807, 2.05) is 30.3 Å². The van der Waals surface area contributed by atoms with Gasteiger partial charge in [-0.25, -0.2) is 5.84 Å². The Morgan fingerprint density at radius 3 is 2.29 bits per heavy atom. The maximum absolute atomic E-state index is 9.80. The minimum Gasteiger partial charge on any atom is -0.479 e. The second-order valence-corrected chi connectivity index (χ2v) is 5.90. The largest absolute Gasteiger partial charge is 0.479 e. The molecule has 24 heavy (non-hydrogen) atoms. The molecule has 0 saturated carbocycles. The Bertz CT molecular complexity index is 840. The summed E-state index contributed by atoms with van der Waals surface area (Å²) in [5, 5.41) is 12.0. The summed E-state index contributed by atoms with van der Waals surface area (Å²) in [6.07, 6.45) is 0. The Morgan fingerprint density at radius 2 is 1.62 bits per heavy atom. The fraction of sp³-hybridized carbons (Fsp3) is 0.0625. The van der Waals surface area contributed by atoms with Crippen LogP contribution in [0.3, 0.4) is 0 Å². The van der Waals surface area contributed by atoms with Crippen molar-refractivity contribution in [2.75, 3.05) is 5.01 Å². The molecule has 0 spiro atoms. The molecule has 122 valence electrons. The van der Waals surface area contributed by atoms with Gasteiger partial charge in [0, 0.05) is 15.6 Å². The van der Waals surface area contributed by atoms with E-state index in [0.717, 1.165) is 5.56 Å². The minimum atomic E-state index is -0.436. The molecule has 0 unspecified atom stereocenters. The van der Waals surface area contributed by atoms with Crippen molar-refractivity contribution in [2.45, 2.75) is 6.54 Å². The second-order valence-electron chi connectivity index (χ2n) is 5.03. The first kappa shape index (κ1) is 16.4. The van der Waals surface area contributed by atoms with Crippen LogP contribution in [0.5, 0.6) is 6.01 Å². The zero-order valence-electron chi connectivity index (χ0n) is 12.4. The first-order chi connectivity index (χ1) is 11.5. The van der Waals surface area contributed by atoms with E-state index in [0.29, 0.717) is 22.2 Å². The highest BCUT2D eigenvalue weighted by molar-refractivity contribution is 6.35. The number of nitrogens with two attached hydrogens (primary N) is 1.